The van der Waals surface area contributed by atoms with Crippen LogP contribution in [0.4, 0.5) is 5.69 Å². The molecule has 0 unspecified atom stereocenters. The van der Waals surface area contributed by atoms with Crippen LogP contribution in [0.5, 0.6) is 0 Å². The molecule has 1 aliphatic rings. The van der Waals surface area contributed by atoms with Crippen molar-refractivity contribution in [1.29, 1.82) is 0 Å². The molecular formula is C22H17N3+2. The molecule has 0 N–H and O–H groups in total. The van der Waals surface area contributed by atoms with Gasteiger partial charge in [-0.3, -0.25) is 0 Å². The lowest BCUT2D eigenvalue weighted by molar-refractivity contribution is -0.429. The molecule has 0 spiro atoms. The van der Waals surface area contributed by atoms with Gasteiger partial charge in [0.2, 0.25) is 11.9 Å². The van der Waals surface area contributed by atoms with Crippen LogP contribution in [-0.4, -0.2) is 26.8 Å². The van der Waals surface area contributed by atoms with E-state index in [9.17, 15) is 0 Å². The van der Waals surface area contributed by atoms with Crippen molar-refractivity contribution in [3.63, 3.8) is 0 Å². The van der Waals surface area contributed by atoms with E-state index in [1.807, 2.05) is 28.6 Å². The van der Waals surface area contributed by atoms with Crippen LogP contribution in [0.25, 0.3) is 27.5 Å². The standard InChI is InChI=1S/C22H17N3/c1-23-13-14-24(16-23)18-11-12-20-19-9-5-6-10-21(19)25(22(20)15-18)17-7-3-2-4-8-17/h2-15H,1H3/q+2. The first kappa shape index (κ1) is 14.0. The van der Waals surface area contributed by atoms with Crippen LogP contribution in [0.15, 0.2) is 85.2 Å². The molecular weight excluding hydrogens is 306 g/mol. The summed E-state index contributed by atoms with van der Waals surface area (Å²) in [6.07, 6.45) is 4.02. The molecule has 0 saturated carbocycles. The number of nitrogens with zero attached hydrogens (tertiary/aromatic N) is 3. The van der Waals surface area contributed by atoms with Crippen molar-refractivity contribution in [1.82, 2.24) is 4.57 Å². The van der Waals surface area contributed by atoms with E-state index in [2.05, 4.69) is 83.4 Å². The Labute approximate surface area is 145 Å². The largest absolute Gasteiger partial charge is 0.495 e. The molecule has 3 aromatic carbocycles. The highest BCUT2D eigenvalue weighted by Gasteiger charge is 2.19. The maximum Gasteiger partial charge on any atom is 0.495 e. The second-order valence-corrected chi connectivity index (χ2v) is 6.27. The fraction of sp³-hybridized carbons (Fsp3) is 0.0455. The topological polar surface area (TPSA) is 10.9 Å². The van der Waals surface area contributed by atoms with Gasteiger partial charge in [-0.1, -0.05) is 45.5 Å². The van der Waals surface area contributed by atoms with Crippen LogP contribution in [0.3, 0.4) is 0 Å². The van der Waals surface area contributed by atoms with Gasteiger partial charge < -0.3 is 4.57 Å². The van der Waals surface area contributed by atoms with Gasteiger partial charge in [-0.2, -0.15) is 0 Å². The second-order valence-electron chi connectivity index (χ2n) is 6.27. The van der Waals surface area contributed by atoms with Gasteiger partial charge in [0.1, 0.15) is 0 Å². The third kappa shape index (κ3) is 2.14. The normalized spacial score (nSPS) is 13.5. The Hall–Kier alpha value is -3.42. The Morgan fingerprint density at radius 3 is 2.32 bits per heavy atom. The average Bonchev–Trinajstić information content (AvgIpc) is 3.23. The average molecular weight is 323 g/mol. The molecule has 0 aliphatic carbocycles. The van der Waals surface area contributed by atoms with Crippen LogP contribution >= 0.6 is 0 Å². The molecule has 0 bridgehead atoms. The number of hydrogen-bond donors (Lipinski definition) is 0. The number of fused-ring (bicyclic) bond motifs is 3. The smallest absolute Gasteiger partial charge is 0.309 e. The fourth-order valence-corrected chi connectivity index (χ4v) is 3.51. The van der Waals surface area contributed by atoms with Crippen LogP contribution < -0.4 is 0 Å². The van der Waals surface area contributed by atoms with E-state index in [1.165, 1.54) is 27.5 Å². The van der Waals surface area contributed by atoms with Gasteiger partial charge in [0.05, 0.1) is 11.0 Å². The van der Waals surface area contributed by atoms with Crippen LogP contribution in [-0.2, 0) is 0 Å². The van der Waals surface area contributed by atoms with Crippen LogP contribution in [0.2, 0.25) is 0 Å². The van der Waals surface area contributed by atoms with Crippen molar-refractivity contribution in [3.05, 3.63) is 85.2 Å². The van der Waals surface area contributed by atoms with E-state index in [0.29, 0.717) is 0 Å². The Bertz CT molecular complexity index is 1220. The minimum atomic E-state index is 1.10. The van der Waals surface area contributed by atoms with Gasteiger partial charge >= 0.3 is 6.01 Å². The monoisotopic (exact) mass is 323 g/mol. The molecule has 4 aromatic rings. The van der Waals surface area contributed by atoms with Crippen molar-refractivity contribution in [2.45, 2.75) is 0 Å². The first-order valence-corrected chi connectivity index (χ1v) is 8.36. The molecule has 0 amide bonds. The Morgan fingerprint density at radius 1 is 0.760 bits per heavy atom. The van der Waals surface area contributed by atoms with Crippen molar-refractivity contribution in [2.75, 3.05) is 7.05 Å². The molecule has 3 nitrogen and oxygen atoms in total. The lowest BCUT2D eigenvalue weighted by Gasteiger charge is -2.07. The van der Waals surface area contributed by atoms with Gasteiger partial charge in [0, 0.05) is 28.6 Å². The van der Waals surface area contributed by atoms with Gasteiger partial charge in [0.15, 0.2) is 7.05 Å². The molecule has 0 fully saturated rings. The van der Waals surface area contributed by atoms with Crippen LogP contribution in [0, 0.1) is 0 Å². The summed E-state index contributed by atoms with van der Waals surface area (Å²) >= 11 is 0. The van der Waals surface area contributed by atoms with Gasteiger partial charge in [-0.25, -0.2) is 0 Å². The van der Waals surface area contributed by atoms with Gasteiger partial charge in [-0.15, -0.1) is 0 Å². The molecule has 3 heteroatoms. The third-order valence-electron chi connectivity index (χ3n) is 4.65. The summed E-state index contributed by atoms with van der Waals surface area (Å²) in [5, 5.41) is 2.54. The van der Waals surface area contributed by atoms with Crippen molar-refractivity contribution in [3.8, 4) is 5.69 Å². The zero-order valence-corrected chi connectivity index (χ0v) is 13.9. The summed E-state index contributed by atoms with van der Waals surface area (Å²) < 4.78 is 6.28. The van der Waals surface area contributed by atoms with Crippen molar-refractivity contribution < 1.29 is 9.15 Å². The summed E-state index contributed by atoms with van der Waals surface area (Å²) in [6, 6.07) is 29.0. The first-order valence-electron chi connectivity index (χ1n) is 8.36. The molecule has 1 aromatic heterocycles. The van der Waals surface area contributed by atoms with Gasteiger partial charge in [-0.05, 0) is 24.3 Å². The highest BCUT2D eigenvalue weighted by Crippen LogP contribution is 2.34. The van der Waals surface area contributed by atoms with Crippen molar-refractivity contribution in [2.24, 2.45) is 0 Å². The Kier molecular flexibility index (Phi) is 2.96. The molecule has 0 saturated heterocycles. The first-order chi connectivity index (χ1) is 12.3. The fourth-order valence-electron chi connectivity index (χ4n) is 3.51. The quantitative estimate of drug-likeness (QED) is 0.472. The highest BCUT2D eigenvalue weighted by atomic mass is 15.1. The summed E-state index contributed by atoms with van der Waals surface area (Å²) in [6.45, 7) is 0. The number of benzene rings is 3. The SMILES string of the molecule is C[N+]1=C=[N+](c2ccc3c4ccccc4n(-c4ccccc4)c3c2)C=C1. The minimum absolute atomic E-state index is 1.10. The molecule has 25 heavy (non-hydrogen) atoms. The highest BCUT2D eigenvalue weighted by molar-refractivity contribution is 6.09. The predicted octanol–water partition coefficient (Wildman–Crippen LogP) is 4.73. The van der Waals surface area contributed by atoms with E-state index in [0.717, 1.165) is 5.69 Å². The van der Waals surface area contributed by atoms with E-state index >= 15 is 0 Å². The maximum atomic E-state index is 3.27. The summed E-state index contributed by atoms with van der Waals surface area (Å²) in [4.78, 5) is 0. The second kappa shape index (κ2) is 5.30. The molecule has 1 aliphatic heterocycles. The zero-order valence-electron chi connectivity index (χ0n) is 13.9. The van der Waals surface area contributed by atoms with Gasteiger partial charge in [0.25, 0.3) is 6.20 Å². The number of hydrogen-bond acceptors (Lipinski definition) is 0. The molecule has 0 atom stereocenters. The minimum Gasteiger partial charge on any atom is -0.309 e. The number of rotatable bonds is 2. The zero-order chi connectivity index (χ0) is 16.8. The maximum absolute atomic E-state index is 3.27. The summed E-state index contributed by atoms with van der Waals surface area (Å²) in [7, 11) is 1.98. The molecule has 118 valence electrons. The van der Waals surface area contributed by atoms with E-state index in [-0.39, 0.29) is 0 Å². The molecule has 2 heterocycles. The molecule has 5 rings (SSSR count). The predicted molar refractivity (Wildman–Crippen MR) is 101 cm³/mol. The summed E-state index contributed by atoms with van der Waals surface area (Å²) in [5.74, 6) is 0. The third-order valence-corrected chi connectivity index (χ3v) is 4.65. The summed E-state index contributed by atoms with van der Waals surface area (Å²) in [5.41, 5.74) is 4.71. The van der Waals surface area contributed by atoms with Crippen molar-refractivity contribution >= 4 is 33.5 Å². The Morgan fingerprint density at radius 2 is 1.52 bits per heavy atom. The number of aromatic nitrogens is 1. The van der Waals surface area contributed by atoms with E-state index in [4.69, 9.17) is 0 Å². The van der Waals surface area contributed by atoms with E-state index in [1.54, 1.807) is 0 Å². The van der Waals surface area contributed by atoms with E-state index < -0.39 is 0 Å². The lowest BCUT2D eigenvalue weighted by atomic mass is 10.1. The number of para-hydroxylation sites is 2. The lowest BCUT2D eigenvalue weighted by Crippen LogP contribution is -1.96. The van der Waals surface area contributed by atoms with Crippen LogP contribution in [0.1, 0.15) is 0 Å². The molecule has 0 radical (unpaired) electrons. The Balaban J connectivity index is 1.89.